The molecule has 0 N–H and O–H groups in total. The van der Waals surface area contributed by atoms with E-state index in [0.717, 1.165) is 27.4 Å². The summed E-state index contributed by atoms with van der Waals surface area (Å²) < 4.78 is 0. The van der Waals surface area contributed by atoms with E-state index in [0.29, 0.717) is 0 Å². The zero-order chi connectivity index (χ0) is 10.3. The fourth-order valence-electron chi connectivity index (χ4n) is 1.87. The Morgan fingerprint density at radius 2 is 1.20 bits per heavy atom. The lowest BCUT2D eigenvalue weighted by atomic mass is 10.0. The van der Waals surface area contributed by atoms with Crippen LogP contribution in [0.4, 0.5) is 0 Å². The van der Waals surface area contributed by atoms with E-state index in [2.05, 4.69) is 4.98 Å². The monoisotopic (exact) mass is 191 g/mol. The van der Waals surface area contributed by atoms with Crippen LogP contribution in [0.5, 0.6) is 0 Å². The lowest BCUT2D eigenvalue weighted by Crippen LogP contribution is -1.86. The molecule has 0 aliphatic carbocycles. The van der Waals surface area contributed by atoms with Gasteiger partial charge in [0.25, 0.3) is 0 Å². The first-order valence-corrected chi connectivity index (χ1v) is 4.89. The van der Waals surface area contributed by atoms with E-state index in [1.165, 1.54) is 0 Å². The van der Waals surface area contributed by atoms with Crippen LogP contribution in [0.2, 0.25) is 0 Å². The summed E-state index contributed by atoms with van der Waals surface area (Å²) in [6.07, 6.45) is 0. The second-order valence-electron chi connectivity index (χ2n) is 3.56. The summed E-state index contributed by atoms with van der Waals surface area (Å²) >= 11 is 0. The number of benzene rings is 2. The van der Waals surface area contributed by atoms with E-state index in [1.807, 2.05) is 48.5 Å². The highest BCUT2D eigenvalue weighted by atomic mass is 14.7. The van der Waals surface area contributed by atoms with Crippen LogP contribution in [0, 0.1) is 6.92 Å². The molecule has 1 aromatic heterocycles. The van der Waals surface area contributed by atoms with Crippen LogP contribution >= 0.6 is 0 Å². The first kappa shape index (κ1) is 8.42. The van der Waals surface area contributed by atoms with E-state index in [-0.39, 0.29) is 0 Å². The smallest absolute Gasteiger partial charge is 0.0712 e. The molecule has 0 spiro atoms. The number of para-hydroxylation sites is 2. The minimum atomic E-state index is 0.816. The lowest BCUT2D eigenvalue weighted by molar-refractivity contribution is 1.49. The SMILES string of the molecule is [CH]c1c2ccccc2nc2ccccc12. The molecule has 0 saturated heterocycles. The number of aromatic nitrogens is 1. The van der Waals surface area contributed by atoms with Gasteiger partial charge in [-0.2, -0.15) is 0 Å². The van der Waals surface area contributed by atoms with Gasteiger partial charge in [0.05, 0.1) is 11.0 Å². The molecule has 0 bridgehead atoms. The molecule has 1 nitrogen and oxygen atoms in total. The Morgan fingerprint density at radius 3 is 1.73 bits per heavy atom. The topological polar surface area (TPSA) is 12.9 Å². The van der Waals surface area contributed by atoms with Gasteiger partial charge in [-0.15, -0.1) is 0 Å². The largest absolute Gasteiger partial charge is 0.248 e. The predicted molar refractivity (Wildman–Crippen MR) is 62.7 cm³/mol. The average molecular weight is 191 g/mol. The van der Waals surface area contributed by atoms with Gasteiger partial charge in [-0.3, -0.25) is 0 Å². The number of fused-ring (bicyclic) bond motifs is 2. The van der Waals surface area contributed by atoms with Gasteiger partial charge < -0.3 is 0 Å². The molecule has 0 atom stereocenters. The molecule has 0 saturated carbocycles. The first-order chi connectivity index (χ1) is 7.36. The second kappa shape index (κ2) is 3.06. The van der Waals surface area contributed by atoms with E-state index in [9.17, 15) is 0 Å². The Kier molecular flexibility index (Phi) is 1.72. The molecule has 3 rings (SSSR count). The van der Waals surface area contributed by atoms with Crippen molar-refractivity contribution in [2.24, 2.45) is 0 Å². The van der Waals surface area contributed by atoms with Gasteiger partial charge in [-0.05, 0) is 17.7 Å². The maximum absolute atomic E-state index is 6.11. The molecule has 2 radical (unpaired) electrons. The zero-order valence-electron chi connectivity index (χ0n) is 8.14. The molecule has 70 valence electrons. The highest BCUT2D eigenvalue weighted by molar-refractivity contribution is 5.97. The molecule has 1 heteroatoms. The number of nitrogens with zero attached hydrogens (tertiary/aromatic N) is 1. The Bertz CT molecular complexity index is 587. The van der Waals surface area contributed by atoms with E-state index < -0.39 is 0 Å². The average Bonchev–Trinajstić information content (AvgIpc) is 2.30. The summed E-state index contributed by atoms with van der Waals surface area (Å²) in [5.41, 5.74) is 2.72. The fourth-order valence-corrected chi connectivity index (χ4v) is 1.87. The van der Waals surface area contributed by atoms with Gasteiger partial charge in [0.15, 0.2) is 0 Å². The van der Waals surface area contributed by atoms with Crippen LogP contribution in [-0.4, -0.2) is 4.98 Å². The van der Waals surface area contributed by atoms with Crippen molar-refractivity contribution in [1.82, 2.24) is 4.98 Å². The van der Waals surface area contributed by atoms with Gasteiger partial charge in [0.1, 0.15) is 0 Å². The van der Waals surface area contributed by atoms with Crippen LogP contribution in [0.3, 0.4) is 0 Å². The Morgan fingerprint density at radius 1 is 0.733 bits per heavy atom. The third kappa shape index (κ3) is 1.20. The molecule has 15 heavy (non-hydrogen) atoms. The van der Waals surface area contributed by atoms with Crippen molar-refractivity contribution >= 4 is 21.8 Å². The minimum Gasteiger partial charge on any atom is -0.248 e. The Balaban J connectivity index is 2.60. The molecule has 2 aromatic carbocycles. The third-order valence-electron chi connectivity index (χ3n) is 2.63. The van der Waals surface area contributed by atoms with Gasteiger partial charge >= 0.3 is 0 Å². The second-order valence-corrected chi connectivity index (χ2v) is 3.56. The summed E-state index contributed by atoms with van der Waals surface area (Å²) in [6, 6.07) is 15.9. The van der Waals surface area contributed by atoms with Gasteiger partial charge in [0.2, 0.25) is 0 Å². The molecule has 0 fully saturated rings. The van der Waals surface area contributed by atoms with Crippen molar-refractivity contribution < 1.29 is 0 Å². The fraction of sp³-hybridized carbons (Fsp3) is 0. The molecule has 3 aromatic rings. The summed E-state index contributed by atoms with van der Waals surface area (Å²) in [5, 5.41) is 2.05. The maximum atomic E-state index is 6.11. The highest BCUT2D eigenvalue weighted by Gasteiger charge is 2.03. The number of hydrogen-bond acceptors (Lipinski definition) is 1. The van der Waals surface area contributed by atoms with Crippen LogP contribution < -0.4 is 0 Å². The van der Waals surface area contributed by atoms with Crippen molar-refractivity contribution in [3.8, 4) is 0 Å². The molecule has 0 aliphatic heterocycles. The van der Waals surface area contributed by atoms with E-state index >= 15 is 0 Å². The summed E-state index contributed by atoms with van der Waals surface area (Å²) in [5.74, 6) is 0. The van der Waals surface area contributed by atoms with E-state index in [4.69, 9.17) is 6.92 Å². The quantitative estimate of drug-likeness (QED) is 0.496. The lowest BCUT2D eigenvalue weighted by Gasteiger charge is -2.05. The molecule has 0 aliphatic rings. The standard InChI is InChI=1S/C14H9N/c1-10-11-6-2-4-8-13(11)15-14-9-5-3-7-12(10)14/h1-9H. The number of rotatable bonds is 0. The highest BCUT2D eigenvalue weighted by Crippen LogP contribution is 2.24. The Labute approximate surface area is 88.4 Å². The Hall–Kier alpha value is -1.89. The maximum Gasteiger partial charge on any atom is 0.0712 e. The zero-order valence-corrected chi connectivity index (χ0v) is 8.14. The van der Waals surface area contributed by atoms with Gasteiger partial charge in [0, 0.05) is 17.7 Å². The number of hydrogen-bond donors (Lipinski definition) is 0. The third-order valence-corrected chi connectivity index (χ3v) is 2.63. The predicted octanol–water partition coefficient (Wildman–Crippen LogP) is 3.45. The van der Waals surface area contributed by atoms with Crippen molar-refractivity contribution in [3.05, 3.63) is 61.0 Å². The summed E-state index contributed by atoms with van der Waals surface area (Å²) in [6.45, 7) is 6.11. The van der Waals surface area contributed by atoms with Crippen molar-refractivity contribution in [1.29, 1.82) is 0 Å². The van der Waals surface area contributed by atoms with Crippen molar-refractivity contribution in [2.75, 3.05) is 0 Å². The normalized spacial score (nSPS) is 11.0. The molecule has 0 unspecified atom stereocenters. The van der Waals surface area contributed by atoms with Crippen molar-refractivity contribution in [2.45, 2.75) is 0 Å². The van der Waals surface area contributed by atoms with Gasteiger partial charge in [-0.25, -0.2) is 4.98 Å². The van der Waals surface area contributed by atoms with Crippen LogP contribution in [0.1, 0.15) is 5.56 Å². The van der Waals surface area contributed by atoms with E-state index in [1.54, 1.807) is 0 Å². The molecule has 1 heterocycles. The van der Waals surface area contributed by atoms with Crippen LogP contribution in [0.15, 0.2) is 48.5 Å². The summed E-state index contributed by atoms with van der Waals surface area (Å²) in [4.78, 5) is 4.56. The summed E-state index contributed by atoms with van der Waals surface area (Å²) in [7, 11) is 0. The molecule has 0 amide bonds. The van der Waals surface area contributed by atoms with Crippen LogP contribution in [0.25, 0.3) is 21.8 Å². The molecular weight excluding hydrogens is 182 g/mol. The van der Waals surface area contributed by atoms with Gasteiger partial charge in [-0.1, -0.05) is 36.4 Å². The minimum absolute atomic E-state index is 0.816. The first-order valence-electron chi connectivity index (χ1n) is 4.89. The number of pyridine rings is 1. The molecular formula is C14H9N. The van der Waals surface area contributed by atoms with Crippen LogP contribution in [-0.2, 0) is 0 Å². The van der Waals surface area contributed by atoms with Crippen molar-refractivity contribution in [3.63, 3.8) is 0 Å².